The second-order valence-corrected chi connectivity index (χ2v) is 2.90. The second-order valence-electron chi connectivity index (χ2n) is 2.90. The zero-order valence-corrected chi connectivity index (χ0v) is 8.86. The molecule has 0 saturated carbocycles. The zero-order chi connectivity index (χ0) is 12.1. The molecule has 1 N–H and O–H groups in total. The van der Waals surface area contributed by atoms with Crippen LogP contribution in [0.2, 0.25) is 0 Å². The quantitative estimate of drug-likeness (QED) is 0.799. The van der Waals surface area contributed by atoms with Crippen LogP contribution in [0.1, 0.15) is 5.56 Å². The highest BCUT2D eigenvalue weighted by Crippen LogP contribution is 2.30. The minimum atomic E-state index is -1.34. The molecule has 0 fully saturated rings. The Hall–Kier alpha value is -2.04. The molecule has 0 aromatic heterocycles. The molecule has 1 aromatic carbocycles. The van der Waals surface area contributed by atoms with Crippen LogP contribution < -0.4 is 9.47 Å². The van der Waals surface area contributed by atoms with Crippen molar-refractivity contribution in [3.8, 4) is 11.5 Å². The third kappa shape index (κ3) is 2.31. The van der Waals surface area contributed by atoms with Gasteiger partial charge in [-0.3, -0.25) is 0 Å². The Morgan fingerprint density at radius 3 is 2.38 bits per heavy atom. The number of carbonyl (C=O) groups is 1. The van der Waals surface area contributed by atoms with Crippen molar-refractivity contribution >= 4 is 11.5 Å². The lowest BCUT2D eigenvalue weighted by Crippen LogP contribution is -2.00. The SMILES string of the molecule is COc1ccc(/C(=C\F)C(=O)O)cc1OC. The Kier molecular flexibility index (Phi) is 3.88. The summed E-state index contributed by atoms with van der Waals surface area (Å²) >= 11 is 0. The van der Waals surface area contributed by atoms with Crippen LogP contribution in [0.15, 0.2) is 24.5 Å². The number of hydrogen-bond acceptors (Lipinski definition) is 3. The minimum Gasteiger partial charge on any atom is -0.493 e. The summed E-state index contributed by atoms with van der Waals surface area (Å²) in [5.41, 5.74) is -0.214. The molecule has 0 unspecified atom stereocenters. The van der Waals surface area contributed by atoms with Crippen LogP contribution in [0.5, 0.6) is 11.5 Å². The topological polar surface area (TPSA) is 55.8 Å². The van der Waals surface area contributed by atoms with E-state index in [1.807, 2.05) is 0 Å². The van der Waals surface area contributed by atoms with Gasteiger partial charge in [0, 0.05) is 0 Å². The van der Waals surface area contributed by atoms with Crippen LogP contribution in [-0.4, -0.2) is 25.3 Å². The van der Waals surface area contributed by atoms with Crippen LogP contribution in [0.25, 0.3) is 5.57 Å². The summed E-state index contributed by atoms with van der Waals surface area (Å²) in [6, 6.07) is 4.36. The number of carboxylic acids is 1. The Labute approximate surface area is 91.9 Å². The molecule has 4 nitrogen and oxygen atoms in total. The fraction of sp³-hybridized carbons (Fsp3) is 0.182. The number of hydrogen-bond donors (Lipinski definition) is 1. The maximum Gasteiger partial charge on any atom is 0.338 e. The van der Waals surface area contributed by atoms with Gasteiger partial charge in [-0.15, -0.1) is 0 Å². The van der Waals surface area contributed by atoms with Crippen molar-refractivity contribution in [1.29, 1.82) is 0 Å². The van der Waals surface area contributed by atoms with E-state index in [0.29, 0.717) is 11.5 Å². The first kappa shape index (κ1) is 12.0. The van der Waals surface area contributed by atoms with Crippen molar-refractivity contribution < 1.29 is 23.8 Å². The molecule has 5 heteroatoms. The van der Waals surface area contributed by atoms with Gasteiger partial charge in [-0.25, -0.2) is 9.18 Å². The molecular formula is C11H11FO4. The molecule has 86 valence electrons. The number of halogens is 1. The van der Waals surface area contributed by atoms with E-state index < -0.39 is 11.5 Å². The summed E-state index contributed by atoms with van der Waals surface area (Å²) in [5, 5.41) is 8.74. The first-order valence-electron chi connectivity index (χ1n) is 4.40. The maximum atomic E-state index is 12.4. The molecule has 0 aliphatic rings. The van der Waals surface area contributed by atoms with E-state index in [1.54, 1.807) is 0 Å². The van der Waals surface area contributed by atoms with E-state index in [1.165, 1.54) is 32.4 Å². The molecule has 0 saturated heterocycles. The summed E-state index contributed by atoms with van der Waals surface area (Å²) in [6.45, 7) is 0. The number of rotatable bonds is 4. The second kappa shape index (κ2) is 5.16. The summed E-state index contributed by atoms with van der Waals surface area (Å²) in [7, 11) is 2.88. The van der Waals surface area contributed by atoms with E-state index in [0.717, 1.165) is 0 Å². The Balaban J connectivity index is 3.22. The molecule has 1 rings (SSSR count). The number of benzene rings is 1. The summed E-state index contributed by atoms with van der Waals surface area (Å²) < 4.78 is 22.4. The highest BCUT2D eigenvalue weighted by atomic mass is 19.1. The van der Waals surface area contributed by atoms with Crippen molar-refractivity contribution in [2.75, 3.05) is 14.2 Å². The third-order valence-electron chi connectivity index (χ3n) is 2.03. The lowest BCUT2D eigenvalue weighted by molar-refractivity contribution is -0.130. The molecule has 1 aromatic rings. The molecule has 0 aliphatic carbocycles. The van der Waals surface area contributed by atoms with Crippen LogP contribution in [0.4, 0.5) is 4.39 Å². The molecule has 0 spiro atoms. The van der Waals surface area contributed by atoms with Gasteiger partial charge >= 0.3 is 5.97 Å². The fourth-order valence-corrected chi connectivity index (χ4v) is 1.24. The van der Waals surface area contributed by atoms with E-state index in [4.69, 9.17) is 14.6 Å². The first-order chi connectivity index (χ1) is 7.63. The Morgan fingerprint density at radius 2 is 1.94 bits per heavy atom. The summed E-state index contributed by atoms with van der Waals surface area (Å²) in [6.07, 6.45) is 0.0452. The van der Waals surface area contributed by atoms with Crippen molar-refractivity contribution in [2.24, 2.45) is 0 Å². The van der Waals surface area contributed by atoms with Gasteiger partial charge in [0.2, 0.25) is 0 Å². The van der Waals surface area contributed by atoms with Gasteiger partial charge in [0.25, 0.3) is 0 Å². The summed E-state index contributed by atoms with van der Waals surface area (Å²) in [5.74, 6) is -0.537. The van der Waals surface area contributed by atoms with Crippen molar-refractivity contribution in [1.82, 2.24) is 0 Å². The average Bonchev–Trinajstić information content (AvgIpc) is 2.29. The molecular weight excluding hydrogens is 215 g/mol. The minimum absolute atomic E-state index is 0.0452. The first-order valence-corrected chi connectivity index (χ1v) is 4.40. The molecule has 0 aliphatic heterocycles. The molecule has 0 amide bonds. The molecule has 0 heterocycles. The average molecular weight is 226 g/mol. The smallest absolute Gasteiger partial charge is 0.338 e. The van der Waals surface area contributed by atoms with Crippen LogP contribution in [0, 0.1) is 0 Å². The predicted molar refractivity (Wildman–Crippen MR) is 56.3 cm³/mol. The number of ether oxygens (including phenoxy) is 2. The number of methoxy groups -OCH3 is 2. The molecule has 0 radical (unpaired) electrons. The summed E-state index contributed by atoms with van der Waals surface area (Å²) in [4.78, 5) is 10.7. The van der Waals surface area contributed by atoms with Crippen molar-refractivity contribution in [2.45, 2.75) is 0 Å². The Bertz CT molecular complexity index is 426. The highest BCUT2D eigenvalue weighted by Gasteiger charge is 2.13. The van der Waals surface area contributed by atoms with E-state index >= 15 is 0 Å². The van der Waals surface area contributed by atoms with Gasteiger partial charge in [-0.05, 0) is 17.7 Å². The number of aliphatic carboxylic acids is 1. The van der Waals surface area contributed by atoms with Gasteiger partial charge in [-0.2, -0.15) is 0 Å². The highest BCUT2D eigenvalue weighted by molar-refractivity contribution is 6.15. The van der Waals surface area contributed by atoms with Crippen molar-refractivity contribution in [3.05, 3.63) is 30.1 Å². The lowest BCUT2D eigenvalue weighted by atomic mass is 10.1. The largest absolute Gasteiger partial charge is 0.493 e. The van der Waals surface area contributed by atoms with Gasteiger partial charge in [0.15, 0.2) is 11.5 Å². The van der Waals surface area contributed by atoms with E-state index in [9.17, 15) is 9.18 Å². The van der Waals surface area contributed by atoms with E-state index in [-0.39, 0.29) is 11.9 Å². The van der Waals surface area contributed by atoms with Gasteiger partial charge in [-0.1, -0.05) is 6.07 Å². The van der Waals surface area contributed by atoms with Crippen LogP contribution >= 0.6 is 0 Å². The van der Waals surface area contributed by atoms with Gasteiger partial charge in [0.05, 0.1) is 19.8 Å². The van der Waals surface area contributed by atoms with Gasteiger partial charge < -0.3 is 14.6 Å². The Morgan fingerprint density at radius 1 is 1.31 bits per heavy atom. The molecule has 0 atom stereocenters. The van der Waals surface area contributed by atoms with Gasteiger partial charge in [0.1, 0.15) is 6.33 Å². The van der Waals surface area contributed by atoms with Crippen LogP contribution in [-0.2, 0) is 4.79 Å². The zero-order valence-electron chi connectivity index (χ0n) is 8.86. The molecule has 0 bridgehead atoms. The standard InChI is InChI=1S/C11H11FO4/c1-15-9-4-3-7(5-10(9)16-2)8(6-12)11(13)14/h3-6H,1-2H3,(H,13,14)/b8-6+. The van der Waals surface area contributed by atoms with E-state index in [2.05, 4.69) is 0 Å². The monoisotopic (exact) mass is 226 g/mol. The number of carboxylic acid groups (broad SMARTS) is 1. The lowest BCUT2D eigenvalue weighted by Gasteiger charge is -2.09. The third-order valence-corrected chi connectivity index (χ3v) is 2.03. The van der Waals surface area contributed by atoms with Crippen LogP contribution in [0.3, 0.4) is 0 Å². The normalized spacial score (nSPS) is 11.1. The predicted octanol–water partition coefficient (Wildman–Crippen LogP) is 2.10. The molecule has 16 heavy (non-hydrogen) atoms. The fourth-order valence-electron chi connectivity index (χ4n) is 1.24. The van der Waals surface area contributed by atoms with Crippen molar-refractivity contribution in [3.63, 3.8) is 0 Å². The maximum absolute atomic E-state index is 12.4.